The number of allylic oxidation sites excluding steroid dienone is 1. The standard InChI is InChI=1S/C17H19F2NO6S/c1-10(21)12-5-3-4-6-14(12)27(23,24)26-13-8-7-11(15(18)16(13)19)9-25-17(22)20-2/h5,7-8,14H,3-4,6,9H2,1-2H3,(H,20,22). The second kappa shape index (κ2) is 8.47. The van der Waals surface area contributed by atoms with E-state index in [0.29, 0.717) is 12.8 Å². The third-order valence-electron chi connectivity index (χ3n) is 4.03. The molecular formula is C17H19F2NO6S. The van der Waals surface area contributed by atoms with Crippen LogP contribution in [0.3, 0.4) is 0 Å². The van der Waals surface area contributed by atoms with Gasteiger partial charge in [-0.05, 0) is 38.3 Å². The number of halogens is 2. The van der Waals surface area contributed by atoms with Gasteiger partial charge in [0.05, 0.1) is 0 Å². The molecule has 0 saturated heterocycles. The summed E-state index contributed by atoms with van der Waals surface area (Å²) >= 11 is 0. The molecule has 7 nitrogen and oxygen atoms in total. The van der Waals surface area contributed by atoms with Crippen LogP contribution in [0.15, 0.2) is 23.8 Å². The van der Waals surface area contributed by atoms with E-state index in [2.05, 4.69) is 10.1 Å². The molecule has 0 heterocycles. The molecule has 27 heavy (non-hydrogen) atoms. The van der Waals surface area contributed by atoms with Crippen LogP contribution in [0, 0.1) is 11.6 Å². The van der Waals surface area contributed by atoms with Crippen LogP contribution in [0.1, 0.15) is 31.7 Å². The van der Waals surface area contributed by atoms with Gasteiger partial charge in [0.2, 0.25) is 5.82 Å². The van der Waals surface area contributed by atoms with Crippen LogP contribution in [-0.4, -0.2) is 32.6 Å². The van der Waals surface area contributed by atoms with Crippen LogP contribution in [0.5, 0.6) is 5.75 Å². The molecule has 148 valence electrons. The first-order valence-corrected chi connectivity index (χ1v) is 9.60. The minimum atomic E-state index is -4.40. The molecule has 1 N–H and O–H groups in total. The first-order chi connectivity index (χ1) is 12.7. The van der Waals surface area contributed by atoms with Gasteiger partial charge < -0.3 is 14.2 Å². The summed E-state index contributed by atoms with van der Waals surface area (Å²) in [5.41, 5.74) is -0.208. The molecule has 10 heteroatoms. The third-order valence-corrected chi connectivity index (χ3v) is 5.63. The van der Waals surface area contributed by atoms with E-state index in [9.17, 15) is 26.8 Å². The summed E-state index contributed by atoms with van der Waals surface area (Å²) in [5.74, 6) is -4.16. The van der Waals surface area contributed by atoms with Crippen LogP contribution in [0.4, 0.5) is 13.6 Å². The molecule has 1 aliphatic carbocycles. The van der Waals surface area contributed by atoms with Crippen LogP contribution in [-0.2, 0) is 26.3 Å². The van der Waals surface area contributed by atoms with Crippen molar-refractivity contribution in [3.63, 3.8) is 0 Å². The monoisotopic (exact) mass is 403 g/mol. The zero-order chi connectivity index (χ0) is 20.2. The normalized spacial score (nSPS) is 17.0. The lowest BCUT2D eigenvalue weighted by Crippen LogP contribution is -2.32. The van der Waals surface area contributed by atoms with E-state index in [-0.39, 0.29) is 17.6 Å². The summed E-state index contributed by atoms with van der Waals surface area (Å²) in [6.45, 7) is 0.691. The summed E-state index contributed by atoms with van der Waals surface area (Å²) < 4.78 is 62.7. The van der Waals surface area contributed by atoms with E-state index in [1.54, 1.807) is 0 Å². The van der Waals surface area contributed by atoms with Crippen LogP contribution in [0.25, 0.3) is 0 Å². The number of hydrogen-bond acceptors (Lipinski definition) is 6. The Morgan fingerprint density at radius 1 is 1.26 bits per heavy atom. The van der Waals surface area contributed by atoms with E-state index < -0.39 is 51.2 Å². The highest BCUT2D eigenvalue weighted by Crippen LogP contribution is 2.30. The number of nitrogens with one attached hydrogen (secondary N) is 1. The van der Waals surface area contributed by atoms with Crippen molar-refractivity contribution in [3.8, 4) is 5.75 Å². The first kappa shape index (κ1) is 20.8. The summed E-state index contributed by atoms with van der Waals surface area (Å²) in [6.07, 6.45) is 1.92. The summed E-state index contributed by atoms with van der Waals surface area (Å²) in [6, 6.07) is 1.98. The average Bonchev–Trinajstić information content (AvgIpc) is 2.64. The number of alkyl carbamates (subject to hydrolysis) is 1. The first-order valence-electron chi connectivity index (χ1n) is 8.13. The number of ketones is 1. The van der Waals surface area contributed by atoms with Gasteiger partial charge in [-0.25, -0.2) is 9.18 Å². The van der Waals surface area contributed by atoms with E-state index in [4.69, 9.17) is 4.18 Å². The van der Waals surface area contributed by atoms with E-state index in [0.717, 1.165) is 12.1 Å². The smallest absolute Gasteiger partial charge is 0.407 e. The van der Waals surface area contributed by atoms with E-state index in [1.165, 1.54) is 20.0 Å². The maximum Gasteiger partial charge on any atom is 0.407 e. The van der Waals surface area contributed by atoms with Gasteiger partial charge >= 0.3 is 16.2 Å². The number of Topliss-reactive ketones (excluding diaryl/α,β-unsaturated/α-hetero) is 1. The Kier molecular flexibility index (Phi) is 6.53. The van der Waals surface area contributed by atoms with E-state index in [1.807, 2.05) is 0 Å². The van der Waals surface area contributed by atoms with Gasteiger partial charge in [0.1, 0.15) is 11.9 Å². The fraction of sp³-hybridized carbons (Fsp3) is 0.412. The van der Waals surface area contributed by atoms with Crippen LogP contribution >= 0.6 is 0 Å². The van der Waals surface area contributed by atoms with Gasteiger partial charge in [-0.15, -0.1) is 0 Å². The van der Waals surface area contributed by atoms with Gasteiger partial charge in [-0.3, -0.25) is 4.79 Å². The van der Waals surface area contributed by atoms with Crippen molar-refractivity contribution in [2.75, 3.05) is 7.05 Å². The Labute approximate surface area is 155 Å². The van der Waals surface area contributed by atoms with Crippen molar-refractivity contribution >= 4 is 22.0 Å². The zero-order valence-electron chi connectivity index (χ0n) is 14.8. The van der Waals surface area contributed by atoms with Crippen molar-refractivity contribution in [1.82, 2.24) is 5.32 Å². The fourth-order valence-electron chi connectivity index (χ4n) is 2.66. The summed E-state index contributed by atoms with van der Waals surface area (Å²) in [5, 5.41) is 0.913. The lowest BCUT2D eigenvalue weighted by Gasteiger charge is -2.22. The summed E-state index contributed by atoms with van der Waals surface area (Å²) in [4.78, 5) is 22.7. The molecule has 1 aliphatic rings. The molecule has 0 radical (unpaired) electrons. The molecule has 0 aliphatic heterocycles. The molecule has 1 amide bonds. The van der Waals surface area contributed by atoms with Crippen molar-refractivity contribution in [2.24, 2.45) is 0 Å². The number of rotatable bonds is 6. The average molecular weight is 403 g/mol. The fourth-order valence-corrected chi connectivity index (χ4v) is 4.19. The van der Waals surface area contributed by atoms with Crippen molar-refractivity contribution in [1.29, 1.82) is 0 Å². The molecule has 1 atom stereocenters. The van der Waals surface area contributed by atoms with Crippen molar-refractivity contribution < 1.29 is 35.7 Å². The number of benzene rings is 1. The molecular weight excluding hydrogens is 384 g/mol. The lowest BCUT2D eigenvalue weighted by molar-refractivity contribution is -0.113. The SMILES string of the molecule is CNC(=O)OCc1ccc(OS(=O)(=O)C2CCCC=C2C(C)=O)c(F)c1F. The van der Waals surface area contributed by atoms with E-state index >= 15 is 0 Å². The molecule has 1 aromatic rings. The molecule has 0 aromatic heterocycles. The van der Waals surface area contributed by atoms with Crippen LogP contribution < -0.4 is 9.50 Å². The van der Waals surface area contributed by atoms with Gasteiger partial charge in [0.15, 0.2) is 17.3 Å². The number of carbonyl (C=O) groups excluding carboxylic acids is 2. The molecule has 0 spiro atoms. The maximum absolute atomic E-state index is 14.2. The highest BCUT2D eigenvalue weighted by atomic mass is 32.2. The molecule has 0 fully saturated rings. The number of amides is 1. The third kappa shape index (κ3) is 4.82. The molecule has 2 rings (SSSR count). The van der Waals surface area contributed by atoms with Crippen molar-refractivity contribution in [3.05, 3.63) is 41.0 Å². The molecule has 1 aromatic carbocycles. The predicted octanol–water partition coefficient (Wildman–Crippen LogP) is 2.60. The number of hydrogen-bond donors (Lipinski definition) is 1. The van der Waals surface area contributed by atoms with Gasteiger partial charge in [0, 0.05) is 18.2 Å². The highest BCUT2D eigenvalue weighted by molar-refractivity contribution is 7.88. The highest BCUT2D eigenvalue weighted by Gasteiger charge is 2.35. The topological polar surface area (TPSA) is 98.8 Å². The Morgan fingerprint density at radius 3 is 2.59 bits per heavy atom. The number of ether oxygens (including phenoxy) is 1. The Hall–Kier alpha value is -2.49. The molecule has 0 bridgehead atoms. The second-order valence-corrected chi connectivity index (χ2v) is 7.61. The Balaban J connectivity index is 2.25. The van der Waals surface area contributed by atoms with Crippen molar-refractivity contribution in [2.45, 2.75) is 38.0 Å². The quantitative estimate of drug-likeness (QED) is 0.733. The van der Waals surface area contributed by atoms with Gasteiger partial charge in [-0.1, -0.05) is 6.08 Å². The Morgan fingerprint density at radius 2 is 1.96 bits per heavy atom. The zero-order valence-corrected chi connectivity index (χ0v) is 15.6. The second-order valence-electron chi connectivity index (χ2n) is 5.89. The lowest BCUT2D eigenvalue weighted by atomic mass is 9.96. The van der Waals surface area contributed by atoms with Crippen LogP contribution in [0.2, 0.25) is 0 Å². The molecule has 1 unspecified atom stereocenters. The minimum absolute atomic E-state index is 0.0812. The molecule has 0 saturated carbocycles. The Bertz CT molecular complexity index is 882. The number of carbonyl (C=O) groups is 2. The largest absolute Gasteiger partial charge is 0.445 e. The maximum atomic E-state index is 14.2. The minimum Gasteiger partial charge on any atom is -0.445 e. The van der Waals surface area contributed by atoms with Gasteiger partial charge in [0.25, 0.3) is 0 Å². The summed E-state index contributed by atoms with van der Waals surface area (Å²) in [7, 11) is -3.10. The predicted molar refractivity (Wildman–Crippen MR) is 91.6 cm³/mol. The van der Waals surface area contributed by atoms with Gasteiger partial charge in [-0.2, -0.15) is 12.8 Å².